The average Bonchev–Trinajstić information content (AvgIpc) is 3.07. The molecule has 2 heterocycles. The highest BCUT2D eigenvalue weighted by molar-refractivity contribution is 5.82. The molecule has 26 heavy (non-hydrogen) atoms. The largest absolute Gasteiger partial charge is 0.370 e. The van der Waals surface area contributed by atoms with Crippen LogP contribution in [0.3, 0.4) is 0 Å². The number of nitro benzene ring substituents is 1. The maximum Gasteiger partial charge on any atom is 0.270 e. The van der Waals surface area contributed by atoms with Gasteiger partial charge in [-0.2, -0.15) is 0 Å². The van der Waals surface area contributed by atoms with E-state index in [1.807, 2.05) is 36.4 Å². The summed E-state index contributed by atoms with van der Waals surface area (Å²) in [5, 5.41) is 14.9. The number of aromatic nitrogens is 3. The predicted octanol–water partition coefficient (Wildman–Crippen LogP) is 4.06. The zero-order chi connectivity index (χ0) is 17.9. The van der Waals surface area contributed by atoms with Gasteiger partial charge in [-0.05, 0) is 36.8 Å². The van der Waals surface area contributed by atoms with Crippen molar-refractivity contribution in [2.45, 2.75) is 12.8 Å². The van der Waals surface area contributed by atoms with E-state index in [1.54, 1.807) is 6.07 Å². The minimum atomic E-state index is -0.399. The van der Waals surface area contributed by atoms with Crippen LogP contribution in [0.5, 0.6) is 0 Å². The van der Waals surface area contributed by atoms with Gasteiger partial charge in [0.25, 0.3) is 5.69 Å². The van der Waals surface area contributed by atoms with Gasteiger partial charge in [0.05, 0.1) is 21.5 Å². The molecule has 2 N–H and O–H groups in total. The third-order valence-corrected chi connectivity index (χ3v) is 4.22. The summed E-state index contributed by atoms with van der Waals surface area (Å²) in [7, 11) is 0. The van der Waals surface area contributed by atoms with E-state index in [0.717, 1.165) is 53.0 Å². The van der Waals surface area contributed by atoms with Crippen LogP contribution in [0.25, 0.3) is 21.9 Å². The number of nitrogens with zero attached hydrogens (tertiary/aromatic N) is 3. The van der Waals surface area contributed by atoms with Crippen molar-refractivity contribution < 1.29 is 4.92 Å². The highest BCUT2D eigenvalue weighted by Crippen LogP contribution is 2.21. The summed E-state index contributed by atoms with van der Waals surface area (Å²) in [5.74, 6) is 1.74. The molecule has 0 spiro atoms. The number of nitro groups is 1. The lowest BCUT2D eigenvalue weighted by Gasteiger charge is -2.06. The maximum absolute atomic E-state index is 10.8. The fourth-order valence-electron chi connectivity index (χ4n) is 2.92. The second kappa shape index (κ2) is 6.79. The van der Waals surface area contributed by atoms with Crippen LogP contribution in [0.1, 0.15) is 12.2 Å². The number of aromatic amines is 1. The lowest BCUT2D eigenvalue weighted by molar-refractivity contribution is -0.384. The first-order valence-electron chi connectivity index (χ1n) is 8.42. The first kappa shape index (κ1) is 16.0. The number of anilines is 1. The summed E-state index contributed by atoms with van der Waals surface area (Å²) in [5.41, 5.74) is 2.85. The van der Waals surface area contributed by atoms with Crippen molar-refractivity contribution >= 4 is 33.4 Å². The molecule has 0 bridgehead atoms. The van der Waals surface area contributed by atoms with Crippen molar-refractivity contribution in [2.24, 2.45) is 0 Å². The molecule has 0 unspecified atom stereocenters. The standard InChI is InChI=1S/C19H17N5O2/c25-24(26)14-8-9-15-13(12-14)7-10-18(21-15)20-11-3-6-19-22-16-4-1-2-5-17(16)23-19/h1-2,4-5,7-10,12H,3,6,11H2,(H,20,21)(H,22,23). The first-order chi connectivity index (χ1) is 12.7. The second-order valence-electron chi connectivity index (χ2n) is 6.06. The summed E-state index contributed by atoms with van der Waals surface area (Å²) < 4.78 is 0. The molecule has 0 fully saturated rings. The van der Waals surface area contributed by atoms with Gasteiger partial charge in [0.1, 0.15) is 11.6 Å². The second-order valence-corrected chi connectivity index (χ2v) is 6.06. The van der Waals surface area contributed by atoms with Crippen molar-refractivity contribution in [1.29, 1.82) is 0 Å². The molecular weight excluding hydrogens is 330 g/mol. The zero-order valence-corrected chi connectivity index (χ0v) is 14.0. The van der Waals surface area contributed by atoms with Gasteiger partial charge in [0, 0.05) is 30.5 Å². The molecule has 2 aromatic carbocycles. The molecule has 0 amide bonds. The van der Waals surface area contributed by atoms with Gasteiger partial charge in [-0.15, -0.1) is 0 Å². The highest BCUT2D eigenvalue weighted by atomic mass is 16.6. The Morgan fingerprint density at radius 1 is 1.04 bits per heavy atom. The lowest BCUT2D eigenvalue weighted by Crippen LogP contribution is -2.05. The minimum Gasteiger partial charge on any atom is -0.370 e. The van der Waals surface area contributed by atoms with Gasteiger partial charge in [-0.3, -0.25) is 10.1 Å². The highest BCUT2D eigenvalue weighted by Gasteiger charge is 2.07. The van der Waals surface area contributed by atoms with E-state index >= 15 is 0 Å². The van der Waals surface area contributed by atoms with Crippen molar-refractivity contribution in [2.75, 3.05) is 11.9 Å². The average molecular weight is 347 g/mol. The van der Waals surface area contributed by atoms with Gasteiger partial charge in [0.2, 0.25) is 0 Å². The number of hydrogen-bond donors (Lipinski definition) is 2. The van der Waals surface area contributed by atoms with Crippen molar-refractivity contribution in [1.82, 2.24) is 15.0 Å². The molecule has 0 aliphatic carbocycles. The SMILES string of the molecule is O=[N+]([O-])c1ccc2nc(NCCCc3nc4ccccc4[nH]3)ccc2c1. The predicted molar refractivity (Wildman–Crippen MR) is 101 cm³/mol. The van der Waals surface area contributed by atoms with Gasteiger partial charge >= 0.3 is 0 Å². The van der Waals surface area contributed by atoms with Gasteiger partial charge in [0.15, 0.2) is 0 Å². The van der Waals surface area contributed by atoms with Crippen molar-refractivity contribution in [3.63, 3.8) is 0 Å². The summed E-state index contributed by atoms with van der Waals surface area (Å²) >= 11 is 0. The van der Waals surface area contributed by atoms with E-state index in [1.165, 1.54) is 12.1 Å². The number of aryl methyl sites for hydroxylation is 1. The van der Waals surface area contributed by atoms with Crippen LogP contribution in [-0.4, -0.2) is 26.4 Å². The molecule has 4 rings (SSSR count). The fraction of sp³-hybridized carbons (Fsp3) is 0.158. The molecule has 0 aliphatic heterocycles. The number of nitrogens with one attached hydrogen (secondary N) is 2. The van der Waals surface area contributed by atoms with Gasteiger partial charge in [-0.1, -0.05) is 12.1 Å². The number of para-hydroxylation sites is 2. The number of hydrogen-bond acceptors (Lipinski definition) is 5. The number of pyridine rings is 1. The van der Waals surface area contributed by atoms with E-state index in [4.69, 9.17) is 0 Å². The Hall–Kier alpha value is -3.48. The van der Waals surface area contributed by atoms with Crippen LogP contribution in [0, 0.1) is 10.1 Å². The summed E-state index contributed by atoms with van der Waals surface area (Å²) in [6, 6.07) is 16.4. The monoisotopic (exact) mass is 347 g/mol. The topological polar surface area (TPSA) is 96.7 Å². The fourth-order valence-corrected chi connectivity index (χ4v) is 2.92. The van der Waals surface area contributed by atoms with Gasteiger partial charge in [-0.25, -0.2) is 9.97 Å². The van der Waals surface area contributed by atoms with Crippen LogP contribution < -0.4 is 5.32 Å². The maximum atomic E-state index is 10.8. The minimum absolute atomic E-state index is 0.0749. The smallest absolute Gasteiger partial charge is 0.270 e. The molecule has 0 atom stereocenters. The quantitative estimate of drug-likeness (QED) is 0.311. The molecule has 0 radical (unpaired) electrons. The summed E-state index contributed by atoms with van der Waals surface area (Å²) in [4.78, 5) is 22.8. The van der Waals surface area contributed by atoms with E-state index in [-0.39, 0.29) is 5.69 Å². The van der Waals surface area contributed by atoms with Crippen molar-refractivity contribution in [3.05, 3.63) is 70.5 Å². The molecule has 4 aromatic rings. The van der Waals surface area contributed by atoms with Gasteiger partial charge < -0.3 is 10.3 Å². The van der Waals surface area contributed by atoms with E-state index in [2.05, 4.69) is 20.3 Å². The van der Waals surface area contributed by atoms with E-state index < -0.39 is 4.92 Å². The van der Waals surface area contributed by atoms with Crippen molar-refractivity contribution in [3.8, 4) is 0 Å². The zero-order valence-electron chi connectivity index (χ0n) is 14.0. The third kappa shape index (κ3) is 3.32. The van der Waals surface area contributed by atoms with E-state index in [0.29, 0.717) is 0 Å². The molecule has 130 valence electrons. The number of fused-ring (bicyclic) bond motifs is 2. The first-order valence-corrected chi connectivity index (χ1v) is 8.42. The third-order valence-electron chi connectivity index (χ3n) is 4.22. The summed E-state index contributed by atoms with van der Waals surface area (Å²) in [6.07, 6.45) is 1.77. The molecule has 0 aliphatic rings. The normalized spacial score (nSPS) is 11.1. The Labute approximate surface area is 149 Å². The number of H-pyrrole nitrogens is 1. The van der Waals surface area contributed by atoms with Crippen LogP contribution in [-0.2, 0) is 6.42 Å². The Morgan fingerprint density at radius 3 is 2.77 bits per heavy atom. The molecule has 7 heteroatoms. The number of non-ortho nitro benzene ring substituents is 1. The number of benzene rings is 2. The molecule has 2 aromatic heterocycles. The van der Waals surface area contributed by atoms with Crippen LogP contribution in [0.15, 0.2) is 54.6 Å². The Bertz CT molecular complexity index is 1060. The Morgan fingerprint density at radius 2 is 1.92 bits per heavy atom. The lowest BCUT2D eigenvalue weighted by atomic mass is 10.2. The Balaban J connectivity index is 1.36. The molecule has 7 nitrogen and oxygen atoms in total. The van der Waals surface area contributed by atoms with E-state index in [9.17, 15) is 10.1 Å². The number of imidazole rings is 1. The molecule has 0 saturated carbocycles. The van der Waals surface area contributed by atoms with Crippen LogP contribution in [0.4, 0.5) is 11.5 Å². The Kier molecular flexibility index (Phi) is 4.18. The number of rotatable bonds is 6. The van der Waals surface area contributed by atoms with Crippen LogP contribution in [0.2, 0.25) is 0 Å². The summed E-state index contributed by atoms with van der Waals surface area (Å²) in [6.45, 7) is 0.766. The molecular formula is C19H17N5O2. The van der Waals surface area contributed by atoms with Crippen LogP contribution >= 0.6 is 0 Å². The molecule has 0 saturated heterocycles.